The molecule has 29 heavy (non-hydrogen) atoms. The number of amides is 1. The number of nitrogens with one attached hydrogen (secondary N) is 2. The normalized spacial score (nSPS) is 11.1. The van der Waals surface area contributed by atoms with Gasteiger partial charge in [-0.2, -0.15) is 0 Å². The molecule has 2 aromatic carbocycles. The van der Waals surface area contributed by atoms with Crippen molar-refractivity contribution in [2.75, 3.05) is 10.5 Å². The number of halogens is 2. The van der Waals surface area contributed by atoms with Gasteiger partial charge in [0.1, 0.15) is 4.90 Å². The van der Waals surface area contributed by atoms with Crippen molar-refractivity contribution in [3.05, 3.63) is 83.7 Å². The number of rotatable bonds is 6. The van der Waals surface area contributed by atoms with E-state index in [0.717, 1.165) is 12.1 Å². The standard InChI is InChI=1S/C19H16F2N4O3S/c20-16-6-5-12(7-17(16)21)9-24-19(26)15-3-1-2-4-18(15)29(27,28)25-14-8-13(22)10-23-11-14/h1-8,10-11,25H,9,22H2,(H,24,26). The van der Waals surface area contributed by atoms with Crippen molar-refractivity contribution in [2.45, 2.75) is 11.4 Å². The van der Waals surface area contributed by atoms with Crippen molar-refractivity contribution in [3.8, 4) is 0 Å². The number of nitrogens with zero attached hydrogens (tertiary/aromatic N) is 1. The quantitative estimate of drug-likeness (QED) is 0.570. The second kappa shape index (κ2) is 8.23. The highest BCUT2D eigenvalue weighted by atomic mass is 32.2. The molecular weight excluding hydrogens is 402 g/mol. The molecule has 10 heteroatoms. The highest BCUT2D eigenvalue weighted by Gasteiger charge is 2.22. The van der Waals surface area contributed by atoms with Crippen molar-refractivity contribution in [1.82, 2.24) is 10.3 Å². The second-order valence-electron chi connectivity index (χ2n) is 6.04. The number of hydrogen-bond acceptors (Lipinski definition) is 5. The van der Waals surface area contributed by atoms with Crippen molar-refractivity contribution in [1.29, 1.82) is 0 Å². The minimum Gasteiger partial charge on any atom is -0.397 e. The molecule has 1 aromatic heterocycles. The Morgan fingerprint density at radius 1 is 1.03 bits per heavy atom. The summed E-state index contributed by atoms with van der Waals surface area (Å²) >= 11 is 0. The maximum Gasteiger partial charge on any atom is 0.262 e. The van der Waals surface area contributed by atoms with Crippen molar-refractivity contribution in [2.24, 2.45) is 0 Å². The van der Waals surface area contributed by atoms with Gasteiger partial charge in [0.2, 0.25) is 0 Å². The van der Waals surface area contributed by atoms with Crippen LogP contribution in [0.1, 0.15) is 15.9 Å². The van der Waals surface area contributed by atoms with E-state index in [1.807, 2.05) is 0 Å². The molecule has 3 aromatic rings. The summed E-state index contributed by atoms with van der Waals surface area (Å²) in [6.07, 6.45) is 2.64. The Morgan fingerprint density at radius 3 is 2.52 bits per heavy atom. The lowest BCUT2D eigenvalue weighted by Gasteiger charge is -2.13. The molecular formula is C19H16F2N4O3S. The fourth-order valence-corrected chi connectivity index (χ4v) is 3.78. The topological polar surface area (TPSA) is 114 Å². The predicted molar refractivity (Wildman–Crippen MR) is 103 cm³/mol. The number of nitrogens with two attached hydrogens (primary N) is 1. The molecule has 1 amide bonds. The molecule has 0 saturated heterocycles. The van der Waals surface area contributed by atoms with Gasteiger partial charge in [-0.1, -0.05) is 18.2 Å². The highest BCUT2D eigenvalue weighted by Crippen LogP contribution is 2.20. The molecule has 0 aliphatic carbocycles. The van der Waals surface area contributed by atoms with Crippen LogP contribution in [0.15, 0.2) is 65.8 Å². The highest BCUT2D eigenvalue weighted by molar-refractivity contribution is 7.92. The van der Waals surface area contributed by atoms with E-state index >= 15 is 0 Å². The zero-order chi connectivity index (χ0) is 21.0. The lowest BCUT2D eigenvalue weighted by atomic mass is 10.2. The molecule has 0 spiro atoms. The third kappa shape index (κ3) is 4.85. The van der Waals surface area contributed by atoms with Crippen LogP contribution < -0.4 is 15.8 Å². The van der Waals surface area contributed by atoms with E-state index in [0.29, 0.717) is 5.56 Å². The Morgan fingerprint density at radius 2 is 1.79 bits per heavy atom. The van der Waals surface area contributed by atoms with Gasteiger partial charge in [0.15, 0.2) is 11.6 Å². The second-order valence-corrected chi connectivity index (χ2v) is 7.69. The summed E-state index contributed by atoms with van der Waals surface area (Å²) in [4.78, 5) is 16.1. The third-order valence-electron chi connectivity index (χ3n) is 3.87. The predicted octanol–water partition coefficient (Wildman–Crippen LogP) is 2.67. The molecule has 0 radical (unpaired) electrons. The van der Waals surface area contributed by atoms with Crippen molar-refractivity contribution < 1.29 is 22.0 Å². The number of benzene rings is 2. The van der Waals surface area contributed by atoms with Crippen LogP contribution in [-0.2, 0) is 16.6 Å². The Kier molecular flexibility index (Phi) is 5.74. The number of anilines is 2. The number of carbonyl (C=O) groups is 1. The minimum absolute atomic E-state index is 0.112. The number of aromatic nitrogens is 1. The molecule has 3 rings (SSSR count). The van der Waals surface area contributed by atoms with Crippen molar-refractivity contribution in [3.63, 3.8) is 0 Å². The number of carbonyl (C=O) groups excluding carboxylic acids is 1. The maximum absolute atomic E-state index is 13.3. The van der Waals surface area contributed by atoms with E-state index in [4.69, 9.17) is 5.73 Å². The zero-order valence-electron chi connectivity index (χ0n) is 14.9. The van der Waals surface area contributed by atoms with Gasteiger partial charge in [-0.05, 0) is 35.9 Å². The Labute approximate surface area is 165 Å². The number of nitrogen functional groups attached to an aromatic ring is 1. The first kappa shape index (κ1) is 20.2. The first-order valence-corrected chi connectivity index (χ1v) is 9.79. The summed E-state index contributed by atoms with van der Waals surface area (Å²) in [7, 11) is -4.12. The van der Waals surface area contributed by atoms with Gasteiger partial charge >= 0.3 is 0 Å². The Hall–Kier alpha value is -3.53. The first-order valence-electron chi connectivity index (χ1n) is 8.31. The van der Waals surface area contributed by atoms with Gasteiger partial charge in [-0.15, -0.1) is 0 Å². The van der Waals surface area contributed by atoms with E-state index in [1.165, 1.54) is 48.8 Å². The summed E-state index contributed by atoms with van der Waals surface area (Å²) in [5, 5.41) is 2.49. The van der Waals surface area contributed by atoms with Gasteiger partial charge in [-0.3, -0.25) is 14.5 Å². The molecule has 0 fully saturated rings. The fourth-order valence-electron chi connectivity index (χ4n) is 2.54. The number of sulfonamides is 1. The van der Waals surface area contributed by atoms with Crippen molar-refractivity contribution >= 4 is 27.3 Å². The first-order chi connectivity index (χ1) is 13.8. The van der Waals surface area contributed by atoms with Crippen LogP contribution in [0.5, 0.6) is 0 Å². The van der Waals surface area contributed by atoms with E-state index in [1.54, 1.807) is 0 Å². The van der Waals surface area contributed by atoms with Crippen LogP contribution >= 0.6 is 0 Å². The van der Waals surface area contributed by atoms with E-state index < -0.39 is 27.6 Å². The third-order valence-corrected chi connectivity index (χ3v) is 5.31. The maximum atomic E-state index is 13.3. The van der Waals surface area contributed by atoms with Gasteiger partial charge in [-0.25, -0.2) is 17.2 Å². The van der Waals surface area contributed by atoms with Crippen LogP contribution in [-0.4, -0.2) is 19.3 Å². The molecule has 0 aliphatic heterocycles. The van der Waals surface area contributed by atoms with Crippen LogP contribution in [0.2, 0.25) is 0 Å². The molecule has 0 saturated carbocycles. The molecule has 0 bridgehead atoms. The van der Waals surface area contributed by atoms with Crippen LogP contribution in [0.4, 0.5) is 20.2 Å². The molecule has 1 heterocycles. The average Bonchev–Trinajstić information content (AvgIpc) is 2.68. The molecule has 4 N–H and O–H groups in total. The van der Waals surface area contributed by atoms with Gasteiger partial charge in [0.05, 0.1) is 23.1 Å². The van der Waals surface area contributed by atoms with Gasteiger partial charge < -0.3 is 11.1 Å². The summed E-state index contributed by atoms with van der Waals surface area (Å²) < 4.78 is 54.1. The van der Waals surface area contributed by atoms with Crippen LogP contribution in [0.3, 0.4) is 0 Å². The number of pyridine rings is 1. The Balaban J connectivity index is 1.81. The van der Waals surface area contributed by atoms with Gasteiger partial charge in [0.25, 0.3) is 15.9 Å². The largest absolute Gasteiger partial charge is 0.397 e. The van der Waals surface area contributed by atoms with E-state index in [2.05, 4.69) is 15.0 Å². The summed E-state index contributed by atoms with van der Waals surface area (Å²) in [6, 6.07) is 10.2. The van der Waals surface area contributed by atoms with Crippen LogP contribution in [0.25, 0.3) is 0 Å². The minimum atomic E-state index is -4.12. The summed E-state index contributed by atoms with van der Waals surface area (Å²) in [6.45, 7) is -0.114. The lowest BCUT2D eigenvalue weighted by Crippen LogP contribution is -2.26. The summed E-state index contributed by atoms with van der Waals surface area (Å²) in [5.74, 6) is -2.74. The zero-order valence-corrected chi connectivity index (χ0v) is 15.7. The van der Waals surface area contributed by atoms with Gasteiger partial charge in [0, 0.05) is 12.7 Å². The molecule has 0 unspecified atom stereocenters. The van der Waals surface area contributed by atoms with E-state index in [9.17, 15) is 22.0 Å². The molecule has 7 nitrogen and oxygen atoms in total. The van der Waals surface area contributed by atoms with E-state index in [-0.39, 0.29) is 28.4 Å². The lowest BCUT2D eigenvalue weighted by molar-refractivity contribution is 0.0947. The molecule has 0 atom stereocenters. The SMILES string of the molecule is Nc1cncc(NS(=O)(=O)c2ccccc2C(=O)NCc2ccc(F)c(F)c2)c1. The molecule has 150 valence electrons. The monoisotopic (exact) mass is 418 g/mol. The summed E-state index contributed by atoms with van der Waals surface area (Å²) in [5.41, 5.74) is 6.21. The Bertz CT molecular complexity index is 1170. The average molecular weight is 418 g/mol. The van der Waals surface area contributed by atoms with Crippen LogP contribution in [0, 0.1) is 11.6 Å². The smallest absolute Gasteiger partial charge is 0.262 e. The fraction of sp³-hybridized carbons (Fsp3) is 0.0526. The molecule has 0 aliphatic rings. The number of hydrogen-bond donors (Lipinski definition) is 3.